The van der Waals surface area contributed by atoms with Crippen molar-refractivity contribution < 1.29 is 14.0 Å². The van der Waals surface area contributed by atoms with Gasteiger partial charge in [-0.3, -0.25) is 14.6 Å². The third kappa shape index (κ3) is 3.12. The van der Waals surface area contributed by atoms with Gasteiger partial charge < -0.3 is 4.57 Å². The summed E-state index contributed by atoms with van der Waals surface area (Å²) < 4.78 is 14.7. The van der Waals surface area contributed by atoms with Gasteiger partial charge in [0.1, 0.15) is 5.82 Å². The summed E-state index contributed by atoms with van der Waals surface area (Å²) in [6.07, 6.45) is 3.76. The third-order valence-electron chi connectivity index (χ3n) is 3.66. The van der Waals surface area contributed by atoms with Gasteiger partial charge in [-0.15, -0.1) is 12.4 Å². The summed E-state index contributed by atoms with van der Waals surface area (Å²) in [6, 6.07) is 10.7. The molecule has 0 saturated carbocycles. The Balaban J connectivity index is 0.00000208. The summed E-state index contributed by atoms with van der Waals surface area (Å²) in [5, 5.41) is 0. The molecule has 1 aromatic carbocycles. The van der Waals surface area contributed by atoms with Gasteiger partial charge in [0, 0.05) is 30.6 Å². The van der Waals surface area contributed by atoms with E-state index < -0.39 is 0 Å². The van der Waals surface area contributed by atoms with Gasteiger partial charge in [-0.05, 0) is 48.0 Å². The van der Waals surface area contributed by atoms with Crippen molar-refractivity contribution in [1.82, 2.24) is 9.55 Å². The molecule has 0 fully saturated rings. The van der Waals surface area contributed by atoms with Crippen LogP contribution in [-0.4, -0.2) is 21.6 Å². The number of halogens is 2. The van der Waals surface area contributed by atoms with E-state index in [4.69, 9.17) is 0 Å². The normalized spacial score (nSPS) is 10.1. The maximum atomic E-state index is 13.1. The van der Waals surface area contributed by atoms with Crippen LogP contribution in [0.4, 0.5) is 4.39 Å². The van der Waals surface area contributed by atoms with Gasteiger partial charge in [0.05, 0.1) is 11.4 Å². The van der Waals surface area contributed by atoms with Crippen molar-refractivity contribution in [1.29, 1.82) is 0 Å². The number of pyridine rings is 1. The second-order valence-corrected chi connectivity index (χ2v) is 5.09. The maximum Gasteiger partial charge on any atom is 0.210 e. The van der Waals surface area contributed by atoms with Crippen molar-refractivity contribution in [2.75, 3.05) is 0 Å². The average Bonchev–Trinajstić information content (AvgIpc) is 2.92. The molecule has 0 aliphatic rings. The number of carbonyl (C=O) groups is 2. The van der Waals surface area contributed by atoms with Crippen LogP contribution in [0.2, 0.25) is 0 Å². The van der Waals surface area contributed by atoms with Crippen LogP contribution in [0.5, 0.6) is 0 Å². The van der Waals surface area contributed by atoms with E-state index in [0.29, 0.717) is 34.4 Å². The van der Waals surface area contributed by atoms with E-state index in [2.05, 4.69) is 4.98 Å². The number of aldehydes is 1. The fourth-order valence-corrected chi connectivity index (χ4v) is 2.55. The Labute approximate surface area is 144 Å². The minimum atomic E-state index is -0.359. The molecule has 2 heterocycles. The SMILES string of the molecule is Cl.Cn1c(C(=O)c2cccnc2)cc(C=O)c1-c1ccc(F)cc1. The molecule has 0 spiro atoms. The third-order valence-corrected chi connectivity index (χ3v) is 3.66. The zero-order valence-corrected chi connectivity index (χ0v) is 13.6. The monoisotopic (exact) mass is 344 g/mol. The van der Waals surface area contributed by atoms with Gasteiger partial charge in [0.25, 0.3) is 0 Å². The predicted octanol–water partition coefficient (Wildman–Crippen LogP) is 3.69. The molecule has 6 heteroatoms. The largest absolute Gasteiger partial charge is 0.340 e. The Hall–Kier alpha value is -2.79. The highest BCUT2D eigenvalue weighted by Crippen LogP contribution is 2.27. The van der Waals surface area contributed by atoms with Crippen LogP contribution >= 0.6 is 12.4 Å². The lowest BCUT2D eigenvalue weighted by Crippen LogP contribution is -2.08. The van der Waals surface area contributed by atoms with Crippen LogP contribution in [0.25, 0.3) is 11.3 Å². The fourth-order valence-electron chi connectivity index (χ4n) is 2.55. The molecule has 0 saturated heterocycles. The molecule has 3 aromatic rings. The molecule has 0 unspecified atom stereocenters. The van der Waals surface area contributed by atoms with Gasteiger partial charge in [-0.2, -0.15) is 0 Å². The van der Waals surface area contributed by atoms with Crippen LogP contribution in [0.1, 0.15) is 26.4 Å². The number of benzene rings is 1. The first-order chi connectivity index (χ1) is 11.1. The van der Waals surface area contributed by atoms with Crippen molar-refractivity contribution in [3.63, 3.8) is 0 Å². The van der Waals surface area contributed by atoms with E-state index >= 15 is 0 Å². The van der Waals surface area contributed by atoms with E-state index in [0.717, 1.165) is 0 Å². The van der Waals surface area contributed by atoms with E-state index in [1.807, 2.05) is 0 Å². The van der Waals surface area contributed by atoms with Crippen LogP contribution in [0, 0.1) is 5.82 Å². The number of nitrogens with zero attached hydrogens (tertiary/aromatic N) is 2. The Kier molecular flexibility index (Phi) is 5.26. The molecule has 3 rings (SSSR count). The van der Waals surface area contributed by atoms with Crippen molar-refractivity contribution in [2.24, 2.45) is 7.05 Å². The predicted molar refractivity (Wildman–Crippen MR) is 91.1 cm³/mol. The van der Waals surface area contributed by atoms with E-state index in [1.165, 1.54) is 18.3 Å². The van der Waals surface area contributed by atoms with Gasteiger partial charge in [0.15, 0.2) is 6.29 Å². The number of ketones is 1. The lowest BCUT2D eigenvalue weighted by molar-refractivity contribution is 0.103. The number of hydrogen-bond acceptors (Lipinski definition) is 3. The molecular formula is C18H14ClFN2O2. The molecule has 0 N–H and O–H groups in total. The average molecular weight is 345 g/mol. The molecule has 0 radical (unpaired) electrons. The Morgan fingerprint density at radius 3 is 2.50 bits per heavy atom. The summed E-state index contributed by atoms with van der Waals surface area (Å²) in [7, 11) is 1.70. The highest BCUT2D eigenvalue weighted by molar-refractivity contribution is 6.09. The first-order valence-electron chi connectivity index (χ1n) is 6.97. The quantitative estimate of drug-likeness (QED) is 0.535. The van der Waals surface area contributed by atoms with E-state index in [9.17, 15) is 14.0 Å². The fraction of sp³-hybridized carbons (Fsp3) is 0.0556. The van der Waals surface area contributed by atoms with Gasteiger partial charge >= 0.3 is 0 Å². The lowest BCUT2D eigenvalue weighted by atomic mass is 10.1. The maximum absolute atomic E-state index is 13.1. The minimum Gasteiger partial charge on any atom is -0.340 e. The Morgan fingerprint density at radius 2 is 1.92 bits per heavy atom. The lowest BCUT2D eigenvalue weighted by Gasteiger charge is -2.08. The van der Waals surface area contributed by atoms with Gasteiger partial charge in [0.2, 0.25) is 5.78 Å². The van der Waals surface area contributed by atoms with E-state index in [-0.39, 0.29) is 24.0 Å². The van der Waals surface area contributed by atoms with Crippen molar-refractivity contribution in [3.05, 3.63) is 77.5 Å². The van der Waals surface area contributed by atoms with Crippen LogP contribution in [0.15, 0.2) is 54.9 Å². The minimum absolute atomic E-state index is 0. The molecule has 4 nitrogen and oxygen atoms in total. The van der Waals surface area contributed by atoms with Crippen molar-refractivity contribution in [3.8, 4) is 11.3 Å². The summed E-state index contributed by atoms with van der Waals surface area (Å²) in [5.74, 6) is -0.584. The first-order valence-corrected chi connectivity index (χ1v) is 6.97. The molecule has 0 aliphatic heterocycles. The van der Waals surface area contributed by atoms with Crippen LogP contribution in [0.3, 0.4) is 0 Å². The second kappa shape index (κ2) is 7.19. The molecule has 0 amide bonds. The molecule has 0 atom stereocenters. The topological polar surface area (TPSA) is 52.0 Å². The number of rotatable bonds is 4. The molecular weight excluding hydrogens is 331 g/mol. The smallest absolute Gasteiger partial charge is 0.210 e. The van der Waals surface area contributed by atoms with Crippen LogP contribution in [-0.2, 0) is 7.05 Å². The molecule has 0 aliphatic carbocycles. The second-order valence-electron chi connectivity index (χ2n) is 5.09. The zero-order valence-electron chi connectivity index (χ0n) is 12.8. The van der Waals surface area contributed by atoms with Crippen molar-refractivity contribution in [2.45, 2.75) is 0 Å². The summed E-state index contributed by atoms with van der Waals surface area (Å²) in [6.45, 7) is 0. The standard InChI is InChI=1S/C18H13FN2O2.ClH/c1-21-16(18(23)13-3-2-8-20-10-13)9-14(11-22)17(21)12-4-6-15(19)7-5-12;/h2-11H,1H3;1H. The summed E-state index contributed by atoms with van der Waals surface area (Å²) in [5.41, 5.74) is 2.44. The Bertz CT molecular complexity index is 874. The summed E-state index contributed by atoms with van der Waals surface area (Å²) in [4.78, 5) is 27.9. The van der Waals surface area contributed by atoms with Gasteiger partial charge in [-0.1, -0.05) is 0 Å². The zero-order chi connectivity index (χ0) is 16.4. The highest BCUT2D eigenvalue weighted by atomic mass is 35.5. The summed E-state index contributed by atoms with van der Waals surface area (Å²) >= 11 is 0. The molecule has 122 valence electrons. The van der Waals surface area contributed by atoms with E-state index in [1.54, 1.807) is 48.1 Å². The first kappa shape index (κ1) is 17.6. The Morgan fingerprint density at radius 1 is 1.21 bits per heavy atom. The molecule has 0 bridgehead atoms. The van der Waals surface area contributed by atoms with Crippen LogP contribution < -0.4 is 0 Å². The number of hydrogen-bond donors (Lipinski definition) is 0. The number of aromatic nitrogens is 2. The van der Waals surface area contributed by atoms with Crippen molar-refractivity contribution >= 4 is 24.5 Å². The highest BCUT2D eigenvalue weighted by Gasteiger charge is 2.20. The molecule has 24 heavy (non-hydrogen) atoms. The van der Waals surface area contributed by atoms with Gasteiger partial charge in [-0.25, -0.2) is 4.39 Å². The molecule has 2 aromatic heterocycles. The number of carbonyl (C=O) groups excluding carboxylic acids is 2.